The number of furan rings is 1. The molecular weight excluding hydrogens is 527 g/mol. The molecule has 0 unspecified atom stereocenters. The lowest BCUT2D eigenvalue weighted by molar-refractivity contribution is 0.101. The zero-order valence-electron chi connectivity index (χ0n) is 20.6. The Balaban J connectivity index is 1.26. The maximum absolute atomic E-state index is 13.6. The molecule has 4 heterocycles. The molecular formula is C27H21FN4O4S2. The van der Waals surface area contributed by atoms with E-state index < -0.39 is 6.17 Å². The van der Waals surface area contributed by atoms with Crippen LogP contribution in [0.15, 0.2) is 58.5 Å². The molecule has 0 aliphatic carbocycles. The summed E-state index contributed by atoms with van der Waals surface area (Å²) in [6.07, 6.45) is 0.567. The third-order valence-electron chi connectivity index (χ3n) is 5.93. The van der Waals surface area contributed by atoms with Crippen LogP contribution < -0.4 is 9.47 Å². The Kier molecular flexibility index (Phi) is 6.16. The number of fused-ring (bicyclic) bond motifs is 2. The Morgan fingerprint density at radius 1 is 1.18 bits per heavy atom. The number of rotatable bonds is 8. The molecule has 0 aliphatic rings. The predicted molar refractivity (Wildman–Crippen MR) is 144 cm³/mol. The Hall–Kier alpha value is -4.09. The summed E-state index contributed by atoms with van der Waals surface area (Å²) in [5, 5.41) is 8.18. The largest absolute Gasteiger partial charge is 0.496 e. The number of carbonyl (C=O) groups excluding carboxylic acids is 1. The van der Waals surface area contributed by atoms with Crippen LogP contribution in [0.5, 0.6) is 11.5 Å². The third kappa shape index (κ3) is 4.54. The number of ether oxygens (including phenoxy) is 2. The molecule has 0 N–H and O–H groups in total. The molecule has 6 aromatic rings. The van der Waals surface area contributed by atoms with E-state index in [-0.39, 0.29) is 12.4 Å². The van der Waals surface area contributed by atoms with Gasteiger partial charge in [0.25, 0.3) is 0 Å². The van der Waals surface area contributed by atoms with Crippen LogP contribution in [-0.4, -0.2) is 32.5 Å². The molecule has 0 fully saturated rings. The van der Waals surface area contributed by atoms with Gasteiger partial charge in [0.15, 0.2) is 22.7 Å². The van der Waals surface area contributed by atoms with E-state index in [9.17, 15) is 9.18 Å². The Bertz CT molecular complexity index is 1750. The van der Waals surface area contributed by atoms with Crippen molar-refractivity contribution in [2.75, 3.05) is 7.11 Å². The lowest BCUT2D eigenvalue weighted by atomic mass is 10.1. The van der Waals surface area contributed by atoms with Crippen LogP contribution in [-0.2, 0) is 6.61 Å². The van der Waals surface area contributed by atoms with Gasteiger partial charge in [-0.15, -0.1) is 11.3 Å². The van der Waals surface area contributed by atoms with Crippen LogP contribution in [0, 0.1) is 0 Å². The van der Waals surface area contributed by atoms with E-state index in [1.807, 2.05) is 23.6 Å². The minimum Gasteiger partial charge on any atom is -0.496 e. The van der Waals surface area contributed by atoms with E-state index in [2.05, 4.69) is 10.1 Å². The molecule has 0 amide bonds. The fourth-order valence-electron chi connectivity index (χ4n) is 3.95. The van der Waals surface area contributed by atoms with Crippen LogP contribution >= 0.6 is 22.7 Å². The molecule has 0 saturated carbocycles. The van der Waals surface area contributed by atoms with Crippen LogP contribution in [0.25, 0.3) is 38.0 Å². The highest BCUT2D eigenvalue weighted by molar-refractivity contribution is 7.16. The Morgan fingerprint density at radius 3 is 2.71 bits per heavy atom. The number of halogens is 1. The van der Waals surface area contributed by atoms with Gasteiger partial charge in [-0.05, 0) is 19.9 Å². The van der Waals surface area contributed by atoms with Crippen molar-refractivity contribution in [2.45, 2.75) is 26.6 Å². The first-order valence-electron chi connectivity index (χ1n) is 11.7. The van der Waals surface area contributed by atoms with Crippen LogP contribution in [0.4, 0.5) is 4.39 Å². The van der Waals surface area contributed by atoms with Gasteiger partial charge in [-0.25, -0.2) is 18.9 Å². The van der Waals surface area contributed by atoms with Crippen molar-refractivity contribution in [3.05, 3.63) is 70.3 Å². The first-order chi connectivity index (χ1) is 18.4. The second kappa shape index (κ2) is 9.66. The molecule has 0 aliphatic heterocycles. The van der Waals surface area contributed by atoms with Crippen LogP contribution in [0.3, 0.4) is 0 Å². The molecule has 0 spiro atoms. The number of nitrogens with zero attached hydrogens (tertiary/aromatic N) is 4. The molecule has 38 heavy (non-hydrogen) atoms. The highest BCUT2D eigenvalue weighted by atomic mass is 32.1. The topological polar surface area (TPSA) is 91.8 Å². The summed E-state index contributed by atoms with van der Waals surface area (Å²) < 4.78 is 32.9. The summed E-state index contributed by atoms with van der Waals surface area (Å²) in [5.74, 6) is 1.74. The molecule has 6 rings (SSSR count). The maximum atomic E-state index is 13.6. The summed E-state index contributed by atoms with van der Waals surface area (Å²) in [6.45, 7) is 3.25. The van der Waals surface area contributed by atoms with Gasteiger partial charge >= 0.3 is 0 Å². The summed E-state index contributed by atoms with van der Waals surface area (Å²) in [6, 6.07) is 12.9. The number of hydrogen-bond donors (Lipinski definition) is 0. The molecule has 1 atom stereocenters. The standard InChI is InChI=1S/C27H21FN4O4S2/c1-14(28)25-31-32-11-21(30-27(32)38-25)24-10-20-22(8-19(34-3)9-23(20)36-24)35-12-18-13-37-26(29-18)17-6-4-16(5-7-17)15(2)33/h4-11,13-14H,12H2,1-3H3/t14-/m0/s1. The third-order valence-corrected chi connectivity index (χ3v) is 7.94. The molecule has 8 nitrogen and oxygen atoms in total. The summed E-state index contributed by atoms with van der Waals surface area (Å²) in [7, 11) is 1.58. The smallest absolute Gasteiger partial charge is 0.212 e. The molecule has 4 aromatic heterocycles. The first-order valence-corrected chi connectivity index (χ1v) is 13.4. The number of thiazole rings is 1. The van der Waals surface area contributed by atoms with Crippen molar-refractivity contribution < 1.29 is 23.1 Å². The minimum atomic E-state index is -1.15. The van der Waals surface area contributed by atoms with Gasteiger partial charge in [0.1, 0.15) is 34.4 Å². The van der Waals surface area contributed by atoms with Gasteiger partial charge in [0, 0.05) is 28.6 Å². The molecule has 2 aromatic carbocycles. The summed E-state index contributed by atoms with van der Waals surface area (Å²) in [4.78, 5) is 21.4. The lowest BCUT2D eigenvalue weighted by Gasteiger charge is -2.08. The van der Waals surface area contributed by atoms with Crippen molar-refractivity contribution in [3.63, 3.8) is 0 Å². The number of alkyl halides is 1. The number of carbonyl (C=O) groups is 1. The highest BCUT2D eigenvalue weighted by Crippen LogP contribution is 2.38. The average Bonchev–Trinajstić information content (AvgIpc) is 3.69. The quantitative estimate of drug-likeness (QED) is 0.187. The van der Waals surface area contributed by atoms with Crippen LogP contribution in [0.2, 0.25) is 0 Å². The highest BCUT2D eigenvalue weighted by Gasteiger charge is 2.18. The van der Waals surface area contributed by atoms with Crippen molar-refractivity contribution in [1.29, 1.82) is 0 Å². The zero-order valence-corrected chi connectivity index (χ0v) is 22.2. The van der Waals surface area contributed by atoms with Gasteiger partial charge in [0.05, 0.1) is 24.4 Å². The van der Waals surface area contributed by atoms with Crippen LogP contribution in [0.1, 0.15) is 41.1 Å². The molecule has 0 bridgehead atoms. The molecule has 0 saturated heterocycles. The van der Waals surface area contributed by atoms with Gasteiger partial charge in [-0.2, -0.15) is 5.10 Å². The minimum absolute atomic E-state index is 0.0294. The summed E-state index contributed by atoms with van der Waals surface area (Å²) >= 11 is 2.72. The monoisotopic (exact) mass is 548 g/mol. The van der Waals surface area contributed by atoms with Crippen molar-refractivity contribution >= 4 is 44.4 Å². The van der Waals surface area contributed by atoms with E-state index in [1.54, 1.807) is 49.0 Å². The average molecular weight is 549 g/mol. The number of Topliss-reactive ketones (excluding diaryl/α,β-unsaturated/α-hetero) is 1. The van der Waals surface area contributed by atoms with Gasteiger partial charge < -0.3 is 13.9 Å². The number of hydrogen-bond acceptors (Lipinski definition) is 9. The molecule has 11 heteroatoms. The fourth-order valence-corrected chi connectivity index (χ4v) is 5.57. The van der Waals surface area contributed by atoms with E-state index in [1.165, 1.54) is 29.6 Å². The van der Waals surface area contributed by atoms with Gasteiger partial charge in [-0.3, -0.25) is 4.79 Å². The first kappa shape index (κ1) is 24.3. The predicted octanol–water partition coefficient (Wildman–Crippen LogP) is 7.15. The fraction of sp³-hybridized carbons (Fsp3) is 0.185. The normalized spacial score (nSPS) is 12.3. The van der Waals surface area contributed by atoms with Crippen molar-refractivity contribution in [3.8, 4) is 33.5 Å². The number of aromatic nitrogens is 4. The van der Waals surface area contributed by atoms with Crippen molar-refractivity contribution in [1.82, 2.24) is 19.6 Å². The number of methoxy groups -OCH3 is 1. The second-order valence-electron chi connectivity index (χ2n) is 8.62. The number of ketones is 1. The molecule has 0 radical (unpaired) electrons. The second-order valence-corrected chi connectivity index (χ2v) is 10.5. The summed E-state index contributed by atoms with van der Waals surface area (Å²) in [5.41, 5.74) is 3.56. The van der Waals surface area contributed by atoms with Gasteiger partial charge in [0.2, 0.25) is 4.96 Å². The maximum Gasteiger partial charge on any atom is 0.212 e. The van der Waals surface area contributed by atoms with E-state index in [4.69, 9.17) is 18.9 Å². The lowest BCUT2D eigenvalue weighted by Crippen LogP contribution is -1.97. The Labute approximate surface area is 224 Å². The van der Waals surface area contributed by atoms with Gasteiger partial charge in [-0.1, -0.05) is 35.6 Å². The van der Waals surface area contributed by atoms with E-state index >= 15 is 0 Å². The molecule has 192 valence electrons. The number of imidazole rings is 1. The van der Waals surface area contributed by atoms with E-state index in [0.717, 1.165) is 21.7 Å². The zero-order chi connectivity index (χ0) is 26.4. The van der Waals surface area contributed by atoms with Crippen molar-refractivity contribution in [2.24, 2.45) is 0 Å². The van der Waals surface area contributed by atoms with E-state index in [0.29, 0.717) is 44.1 Å². The SMILES string of the molecule is COc1cc(OCc2csc(-c3ccc(C(C)=O)cc3)n2)c2cc(-c3cn4nc([C@H](C)F)sc4n3)oc2c1. The Morgan fingerprint density at radius 2 is 2.00 bits per heavy atom. The number of benzene rings is 2.